The van der Waals surface area contributed by atoms with Crippen molar-refractivity contribution < 1.29 is 0 Å². The second kappa shape index (κ2) is 2.60. The van der Waals surface area contributed by atoms with Gasteiger partial charge in [0, 0.05) is 17.0 Å². The van der Waals surface area contributed by atoms with Crippen LogP contribution >= 0.6 is 22.7 Å². The molecule has 0 bridgehead atoms. The second-order valence-electron chi connectivity index (χ2n) is 1.90. The Morgan fingerprint density at radius 2 is 2.36 bits per heavy atom. The van der Waals surface area contributed by atoms with Crippen molar-refractivity contribution >= 4 is 22.7 Å². The lowest BCUT2D eigenvalue weighted by Gasteiger charge is -1.83. The number of aromatic nitrogens is 2. The van der Waals surface area contributed by atoms with Crippen molar-refractivity contribution in [2.75, 3.05) is 0 Å². The van der Waals surface area contributed by atoms with E-state index in [-0.39, 0.29) is 4.87 Å². The predicted octanol–water partition coefficient (Wildman–Crippen LogP) is 1.56. The van der Waals surface area contributed by atoms with Gasteiger partial charge >= 0.3 is 4.87 Å². The van der Waals surface area contributed by atoms with Gasteiger partial charge in [0.25, 0.3) is 0 Å². The molecule has 0 atom stereocenters. The largest absolute Gasteiger partial charge is 0.310 e. The highest BCUT2D eigenvalue weighted by atomic mass is 32.1. The van der Waals surface area contributed by atoms with E-state index in [0.717, 1.165) is 22.0 Å². The van der Waals surface area contributed by atoms with Gasteiger partial charge in [0.15, 0.2) is 0 Å². The zero-order chi connectivity index (χ0) is 7.68. The minimum absolute atomic E-state index is 0.0322. The fraction of sp³-hybridized carbons (Fsp3) is 0. The van der Waals surface area contributed by atoms with Gasteiger partial charge in [-0.05, 0) is 0 Å². The van der Waals surface area contributed by atoms with Crippen molar-refractivity contribution in [1.29, 1.82) is 0 Å². The van der Waals surface area contributed by atoms with Gasteiger partial charge in [0.05, 0.1) is 5.69 Å². The van der Waals surface area contributed by atoms with Crippen LogP contribution in [0.2, 0.25) is 0 Å². The molecular formula is C6H4N2OS2. The molecule has 2 heterocycles. The molecule has 0 fully saturated rings. The third-order valence-electron chi connectivity index (χ3n) is 1.18. The van der Waals surface area contributed by atoms with Crippen LogP contribution in [-0.2, 0) is 0 Å². The summed E-state index contributed by atoms with van der Waals surface area (Å²) in [7, 11) is 0. The topological polar surface area (TPSA) is 45.8 Å². The molecule has 0 unspecified atom stereocenters. The maximum atomic E-state index is 10.7. The minimum atomic E-state index is -0.0322. The Balaban J connectivity index is 2.53. The first-order chi connectivity index (χ1) is 5.36. The monoisotopic (exact) mass is 184 g/mol. The summed E-state index contributed by atoms with van der Waals surface area (Å²) in [6.07, 6.45) is 1.72. The first-order valence-corrected chi connectivity index (χ1v) is 4.70. The average molecular weight is 184 g/mol. The first kappa shape index (κ1) is 6.75. The predicted molar refractivity (Wildman–Crippen MR) is 46.0 cm³/mol. The van der Waals surface area contributed by atoms with E-state index in [4.69, 9.17) is 0 Å². The standard InChI is InChI=1S/C6H4N2OS2/c9-6-8-4(3-11-6)5-7-1-2-10-5/h1-3H,(H,8,9). The SMILES string of the molecule is O=c1[nH]c(-c2nccs2)cs1. The van der Waals surface area contributed by atoms with E-state index in [1.165, 1.54) is 11.3 Å². The number of thiazole rings is 2. The first-order valence-electron chi connectivity index (χ1n) is 2.94. The fourth-order valence-corrected chi connectivity index (χ4v) is 1.99. The van der Waals surface area contributed by atoms with Gasteiger partial charge in [-0.25, -0.2) is 4.98 Å². The van der Waals surface area contributed by atoms with Crippen molar-refractivity contribution in [1.82, 2.24) is 9.97 Å². The molecule has 0 aliphatic carbocycles. The van der Waals surface area contributed by atoms with Crippen LogP contribution in [0, 0.1) is 0 Å². The summed E-state index contributed by atoms with van der Waals surface area (Å²) in [5.74, 6) is 0. The highest BCUT2D eigenvalue weighted by Gasteiger charge is 2.01. The van der Waals surface area contributed by atoms with E-state index in [1.54, 1.807) is 11.6 Å². The molecule has 0 aliphatic heterocycles. The van der Waals surface area contributed by atoms with Gasteiger partial charge in [0.2, 0.25) is 0 Å². The summed E-state index contributed by atoms with van der Waals surface area (Å²) < 4.78 is 0. The maximum absolute atomic E-state index is 10.7. The van der Waals surface area contributed by atoms with Crippen LogP contribution in [0.1, 0.15) is 0 Å². The Morgan fingerprint density at radius 1 is 1.45 bits per heavy atom. The van der Waals surface area contributed by atoms with E-state index in [9.17, 15) is 4.79 Å². The third kappa shape index (κ3) is 1.24. The molecule has 2 aromatic rings. The second-order valence-corrected chi connectivity index (χ2v) is 3.64. The molecular weight excluding hydrogens is 180 g/mol. The normalized spacial score (nSPS) is 10.2. The lowest BCUT2D eigenvalue weighted by molar-refractivity contribution is 1.30. The van der Waals surface area contributed by atoms with Crippen molar-refractivity contribution in [2.45, 2.75) is 0 Å². The van der Waals surface area contributed by atoms with E-state index in [0.29, 0.717) is 0 Å². The van der Waals surface area contributed by atoms with Crippen LogP contribution in [0.15, 0.2) is 21.8 Å². The van der Waals surface area contributed by atoms with E-state index >= 15 is 0 Å². The number of hydrogen-bond acceptors (Lipinski definition) is 4. The Bertz CT molecular complexity index is 387. The Kier molecular flexibility index (Phi) is 1.59. The Hall–Kier alpha value is -0.940. The third-order valence-corrected chi connectivity index (χ3v) is 2.66. The van der Waals surface area contributed by atoms with Gasteiger partial charge in [-0.2, -0.15) is 0 Å². The maximum Gasteiger partial charge on any atom is 0.305 e. The lowest BCUT2D eigenvalue weighted by Crippen LogP contribution is -1.91. The summed E-state index contributed by atoms with van der Waals surface area (Å²) in [6.45, 7) is 0. The highest BCUT2D eigenvalue weighted by Crippen LogP contribution is 2.18. The smallest absolute Gasteiger partial charge is 0.305 e. The van der Waals surface area contributed by atoms with E-state index in [2.05, 4.69) is 9.97 Å². The molecule has 3 nitrogen and oxygen atoms in total. The van der Waals surface area contributed by atoms with Gasteiger partial charge < -0.3 is 4.98 Å². The molecule has 1 N–H and O–H groups in total. The van der Waals surface area contributed by atoms with E-state index in [1.807, 2.05) is 5.38 Å². The van der Waals surface area contributed by atoms with Gasteiger partial charge in [-0.3, -0.25) is 4.79 Å². The number of nitrogens with one attached hydrogen (secondary N) is 1. The molecule has 0 radical (unpaired) electrons. The average Bonchev–Trinajstić information content (AvgIpc) is 2.55. The zero-order valence-electron chi connectivity index (χ0n) is 5.40. The number of hydrogen-bond donors (Lipinski definition) is 1. The van der Waals surface area contributed by atoms with Crippen LogP contribution in [0.25, 0.3) is 10.7 Å². The molecule has 5 heteroatoms. The summed E-state index contributed by atoms with van der Waals surface area (Å²) in [5.41, 5.74) is 0.815. The molecule has 0 saturated heterocycles. The van der Waals surface area contributed by atoms with Gasteiger partial charge in [0.1, 0.15) is 5.01 Å². The molecule has 0 aliphatic rings. The molecule has 11 heavy (non-hydrogen) atoms. The van der Waals surface area contributed by atoms with Gasteiger partial charge in [-0.15, -0.1) is 11.3 Å². The summed E-state index contributed by atoms with van der Waals surface area (Å²) in [5, 5.41) is 4.52. The molecule has 0 saturated carbocycles. The minimum Gasteiger partial charge on any atom is -0.310 e. The van der Waals surface area contributed by atoms with Crippen LogP contribution < -0.4 is 4.87 Å². The fourth-order valence-electron chi connectivity index (χ4n) is 0.742. The highest BCUT2D eigenvalue weighted by molar-refractivity contribution is 7.13. The molecule has 2 rings (SSSR count). The summed E-state index contributed by atoms with van der Waals surface area (Å²) in [4.78, 5) is 17.4. The van der Waals surface area contributed by atoms with Crippen LogP contribution in [-0.4, -0.2) is 9.97 Å². The molecule has 0 spiro atoms. The van der Waals surface area contributed by atoms with Crippen molar-refractivity contribution in [2.24, 2.45) is 0 Å². The Labute approximate surface area is 70.4 Å². The van der Waals surface area contributed by atoms with Crippen LogP contribution in [0.5, 0.6) is 0 Å². The zero-order valence-corrected chi connectivity index (χ0v) is 7.04. The number of rotatable bonds is 1. The molecule has 2 aromatic heterocycles. The van der Waals surface area contributed by atoms with Crippen molar-refractivity contribution in [3.05, 3.63) is 26.6 Å². The summed E-state index contributed by atoms with van der Waals surface area (Å²) >= 11 is 2.67. The Morgan fingerprint density at radius 3 is 2.91 bits per heavy atom. The van der Waals surface area contributed by atoms with E-state index < -0.39 is 0 Å². The van der Waals surface area contributed by atoms with Crippen LogP contribution in [0.4, 0.5) is 0 Å². The van der Waals surface area contributed by atoms with Gasteiger partial charge in [-0.1, -0.05) is 11.3 Å². The number of nitrogens with zero attached hydrogens (tertiary/aromatic N) is 1. The molecule has 0 amide bonds. The quantitative estimate of drug-likeness (QED) is 0.731. The molecule has 0 aromatic carbocycles. The number of H-pyrrole nitrogens is 1. The van der Waals surface area contributed by atoms with Crippen molar-refractivity contribution in [3.8, 4) is 10.7 Å². The van der Waals surface area contributed by atoms with Crippen LogP contribution in [0.3, 0.4) is 0 Å². The summed E-state index contributed by atoms with van der Waals surface area (Å²) in [6, 6.07) is 0. The molecule has 56 valence electrons. The number of aromatic amines is 1. The van der Waals surface area contributed by atoms with Crippen molar-refractivity contribution in [3.63, 3.8) is 0 Å². The lowest BCUT2D eigenvalue weighted by atomic mass is 10.5.